The summed E-state index contributed by atoms with van der Waals surface area (Å²) < 4.78 is 55.2. The van der Waals surface area contributed by atoms with E-state index in [4.69, 9.17) is 33.0 Å². The molecule has 1 saturated carbocycles. The van der Waals surface area contributed by atoms with Crippen LogP contribution in [0.25, 0.3) is 16.9 Å². The maximum atomic E-state index is 16.1. The van der Waals surface area contributed by atoms with Gasteiger partial charge in [-0.3, -0.25) is 34.5 Å². The molecule has 0 bridgehead atoms. The number of hydrogen-bond donors (Lipinski definition) is 3. The highest BCUT2D eigenvalue weighted by molar-refractivity contribution is 6.44. The molecule has 5 aromatic rings. The van der Waals surface area contributed by atoms with Gasteiger partial charge in [-0.05, 0) is 61.1 Å². The second-order valence-corrected chi connectivity index (χ2v) is 18.3. The van der Waals surface area contributed by atoms with E-state index in [0.717, 1.165) is 29.0 Å². The number of urea groups is 1. The standard InChI is InChI=1S/C45H44Cl2F3N11O5/c1-51-31-17-36(56-61-34(19-53-40(31)61)41(63)54-30-6-7-35(30)66-2)59-11-8-26-27(4-3-5-32(26)59)39-29(48)14-24(18-52-39)20-57-21-44(22-57)10-13-58(23-45(44,49)50)42(64)25-15-28(46)38(47)33(16-25)60-12-9-37(62)55-43(60)65/h3-5,14-19,30,35,51H,6-13,20-23H2,1-2H3,(H,54,63)(H,55,62,65)/t30-,35-/m1/s1. The van der Waals surface area contributed by atoms with Crippen LogP contribution in [0.5, 0.6) is 0 Å². The molecule has 4 fully saturated rings. The molecule has 0 unspecified atom stereocenters. The second-order valence-electron chi connectivity index (χ2n) is 17.5. The maximum Gasteiger partial charge on any atom is 0.328 e. The molecular weight excluding hydrogens is 902 g/mol. The number of carbonyl (C=O) groups is 4. The fourth-order valence-electron chi connectivity index (χ4n) is 9.87. The van der Waals surface area contributed by atoms with Crippen molar-refractivity contribution in [3.8, 4) is 11.3 Å². The lowest BCUT2D eigenvalue weighted by molar-refractivity contribution is -0.220. The zero-order valence-electron chi connectivity index (χ0n) is 35.8. The lowest BCUT2D eigenvalue weighted by atomic mass is 9.69. The second kappa shape index (κ2) is 16.7. The molecule has 7 heterocycles. The van der Waals surface area contributed by atoms with E-state index in [9.17, 15) is 19.2 Å². The number of halogens is 5. The molecule has 3 N–H and O–H groups in total. The van der Waals surface area contributed by atoms with Crippen LogP contribution < -0.4 is 25.8 Å². The van der Waals surface area contributed by atoms with Gasteiger partial charge in [0.1, 0.15) is 11.5 Å². The van der Waals surface area contributed by atoms with Gasteiger partial charge < -0.3 is 25.2 Å². The van der Waals surface area contributed by atoms with Gasteiger partial charge in [0.05, 0.1) is 51.7 Å². The van der Waals surface area contributed by atoms with Crippen molar-refractivity contribution < 1.29 is 37.1 Å². The number of amides is 5. The Morgan fingerprint density at radius 2 is 1.77 bits per heavy atom. The van der Waals surface area contributed by atoms with Gasteiger partial charge in [-0.2, -0.15) is 0 Å². The van der Waals surface area contributed by atoms with E-state index in [1.165, 1.54) is 33.8 Å². The van der Waals surface area contributed by atoms with Crippen molar-refractivity contribution in [1.82, 2.24) is 40.0 Å². The molecule has 21 heteroatoms. The van der Waals surface area contributed by atoms with Crippen LogP contribution in [-0.2, 0) is 22.5 Å². The molecule has 2 atom stereocenters. The number of hydrogen-bond acceptors (Lipinski definition) is 11. The van der Waals surface area contributed by atoms with Crippen LogP contribution >= 0.6 is 23.2 Å². The largest absolute Gasteiger partial charge is 0.385 e. The number of nitrogens with zero attached hydrogens (tertiary/aromatic N) is 8. The van der Waals surface area contributed by atoms with Crippen molar-refractivity contribution in [3.05, 3.63) is 93.1 Å². The number of anilines is 4. The van der Waals surface area contributed by atoms with Crippen LogP contribution in [0.3, 0.4) is 0 Å². The molecule has 66 heavy (non-hydrogen) atoms. The van der Waals surface area contributed by atoms with E-state index in [2.05, 4.69) is 25.9 Å². The summed E-state index contributed by atoms with van der Waals surface area (Å²) in [5.74, 6) is -4.67. The highest BCUT2D eigenvalue weighted by Crippen LogP contribution is 2.51. The number of carbonyl (C=O) groups excluding carboxylic acids is 4. The first-order valence-corrected chi connectivity index (χ1v) is 22.4. The molecule has 16 nitrogen and oxygen atoms in total. The van der Waals surface area contributed by atoms with Crippen LogP contribution in [0.4, 0.5) is 40.8 Å². The first kappa shape index (κ1) is 43.9. The Balaban J connectivity index is 0.806. The molecule has 5 amide bonds. The van der Waals surface area contributed by atoms with Crippen LogP contribution in [0, 0.1) is 11.2 Å². The molecule has 4 aliphatic heterocycles. The molecule has 3 aromatic heterocycles. The lowest BCUT2D eigenvalue weighted by Gasteiger charge is -2.57. The number of likely N-dealkylation sites (tertiary alicyclic amines) is 2. The van der Waals surface area contributed by atoms with Crippen LogP contribution in [0.1, 0.15) is 57.7 Å². The Kier molecular flexibility index (Phi) is 11.1. The molecular formula is C45H44Cl2F3N11O5. The van der Waals surface area contributed by atoms with Crippen molar-refractivity contribution in [2.45, 2.75) is 56.7 Å². The maximum absolute atomic E-state index is 16.1. The van der Waals surface area contributed by atoms with Crippen molar-refractivity contribution in [2.24, 2.45) is 5.41 Å². The third-order valence-electron chi connectivity index (χ3n) is 13.6. The minimum Gasteiger partial charge on any atom is -0.385 e. The summed E-state index contributed by atoms with van der Waals surface area (Å²) in [5.41, 5.74) is 3.17. The minimum absolute atomic E-state index is 0.00484. The summed E-state index contributed by atoms with van der Waals surface area (Å²) in [5, 5.41) is 13.2. The van der Waals surface area contributed by atoms with E-state index in [-0.39, 0.29) is 96.3 Å². The number of imide groups is 1. The number of nitrogens with one attached hydrogen (secondary N) is 3. The summed E-state index contributed by atoms with van der Waals surface area (Å²) >= 11 is 12.7. The highest BCUT2D eigenvalue weighted by atomic mass is 35.5. The predicted molar refractivity (Wildman–Crippen MR) is 239 cm³/mol. The monoisotopic (exact) mass is 945 g/mol. The minimum atomic E-state index is -3.24. The molecule has 0 radical (unpaired) electrons. The average molecular weight is 947 g/mol. The Morgan fingerprint density at radius 1 is 0.970 bits per heavy atom. The van der Waals surface area contributed by atoms with E-state index >= 15 is 13.2 Å². The number of methoxy groups -OCH3 is 1. The molecule has 1 aliphatic carbocycles. The zero-order valence-corrected chi connectivity index (χ0v) is 37.4. The first-order valence-electron chi connectivity index (χ1n) is 21.6. The van der Waals surface area contributed by atoms with E-state index in [1.807, 2.05) is 34.1 Å². The summed E-state index contributed by atoms with van der Waals surface area (Å²) in [7, 11) is 3.40. The van der Waals surface area contributed by atoms with Crippen molar-refractivity contribution in [3.63, 3.8) is 0 Å². The zero-order chi connectivity index (χ0) is 46.2. The van der Waals surface area contributed by atoms with Crippen LogP contribution in [-0.4, -0.2) is 125 Å². The van der Waals surface area contributed by atoms with Gasteiger partial charge >= 0.3 is 6.03 Å². The number of fused-ring (bicyclic) bond motifs is 2. The van der Waals surface area contributed by atoms with Crippen molar-refractivity contribution >= 4 is 75.5 Å². The highest BCUT2D eigenvalue weighted by Gasteiger charge is 2.63. The topological polar surface area (TPSA) is 170 Å². The van der Waals surface area contributed by atoms with Gasteiger partial charge in [0.15, 0.2) is 17.2 Å². The fraction of sp³-hybridized carbons (Fsp3) is 0.400. The normalized spacial score (nSPS) is 21.1. The Morgan fingerprint density at radius 3 is 2.48 bits per heavy atom. The number of imidazole rings is 1. The number of aromatic nitrogens is 4. The fourth-order valence-corrected chi connectivity index (χ4v) is 10.3. The summed E-state index contributed by atoms with van der Waals surface area (Å²) in [6.45, 7) is 0.0660. The van der Waals surface area contributed by atoms with E-state index in [0.29, 0.717) is 41.2 Å². The van der Waals surface area contributed by atoms with Gasteiger partial charge in [0, 0.05) is 88.9 Å². The van der Waals surface area contributed by atoms with E-state index in [1.54, 1.807) is 20.4 Å². The molecule has 344 valence electrons. The molecule has 1 spiro atoms. The number of pyridine rings is 1. The number of ether oxygens (including phenoxy) is 1. The third kappa shape index (κ3) is 7.45. The summed E-state index contributed by atoms with van der Waals surface area (Å²) in [6, 6.07) is 10.6. The van der Waals surface area contributed by atoms with Gasteiger partial charge in [-0.1, -0.05) is 35.3 Å². The van der Waals surface area contributed by atoms with Crippen LogP contribution in [0.15, 0.2) is 54.9 Å². The number of rotatable bonds is 10. The van der Waals surface area contributed by atoms with Gasteiger partial charge in [0.25, 0.3) is 17.7 Å². The van der Waals surface area contributed by atoms with E-state index < -0.39 is 41.5 Å². The lowest BCUT2D eigenvalue weighted by Crippen LogP contribution is -2.70. The number of benzene rings is 2. The van der Waals surface area contributed by atoms with Crippen molar-refractivity contribution in [2.75, 3.05) is 68.5 Å². The Labute approximate surface area is 386 Å². The average Bonchev–Trinajstić information content (AvgIpc) is 3.91. The first-order chi connectivity index (χ1) is 31.7. The Bertz CT molecular complexity index is 2840. The summed E-state index contributed by atoms with van der Waals surface area (Å²) in [6.07, 6.45) is 5.35. The van der Waals surface area contributed by atoms with Crippen LogP contribution in [0.2, 0.25) is 10.0 Å². The summed E-state index contributed by atoms with van der Waals surface area (Å²) in [4.78, 5) is 66.4. The smallest absolute Gasteiger partial charge is 0.328 e. The molecule has 5 aliphatic rings. The predicted octanol–water partition coefficient (Wildman–Crippen LogP) is 6.31. The third-order valence-corrected chi connectivity index (χ3v) is 14.4. The van der Waals surface area contributed by atoms with Gasteiger partial charge in [0.2, 0.25) is 5.91 Å². The molecule has 2 aromatic carbocycles. The SMILES string of the molecule is CNc1cc(N2CCc3c(-c4ncc(CN5CC6(CCN(C(=O)c7cc(Cl)c(Cl)c(N8CCC(=O)NC8=O)c7)CC6(F)F)C5)cc4F)cccc32)nn2c(C(=O)N[C@@H]3CC[C@H]3OC)cnc12. The van der Waals surface area contributed by atoms with Gasteiger partial charge in [-0.25, -0.2) is 27.5 Å². The van der Waals surface area contributed by atoms with Gasteiger partial charge in [-0.15, -0.1) is 5.10 Å². The quantitative estimate of drug-likeness (QED) is 0.144. The molecule has 3 saturated heterocycles. The van der Waals surface area contributed by atoms with Crippen molar-refractivity contribution in [1.29, 1.82) is 0 Å². The number of alkyl halides is 2. The number of piperidine rings is 1. The molecule has 10 rings (SSSR count). The Hall–Kier alpha value is -6.02.